The van der Waals surface area contributed by atoms with Crippen LogP contribution in [0.15, 0.2) is 18.2 Å². The van der Waals surface area contributed by atoms with Gasteiger partial charge in [0.1, 0.15) is 0 Å². The third-order valence-electron chi connectivity index (χ3n) is 2.42. The van der Waals surface area contributed by atoms with E-state index in [1.807, 2.05) is 13.0 Å². The van der Waals surface area contributed by atoms with E-state index in [0.29, 0.717) is 10.4 Å². The molecule has 1 aromatic heterocycles. The third kappa shape index (κ3) is 1.49. The zero-order valence-corrected chi connectivity index (χ0v) is 8.93. The SMILES string of the molecule is CCc1[nH]c2cccc(C(=O)O)c2c1Cl. The van der Waals surface area contributed by atoms with Gasteiger partial charge in [-0.15, -0.1) is 0 Å². The van der Waals surface area contributed by atoms with Crippen molar-refractivity contribution in [1.82, 2.24) is 4.98 Å². The number of aromatic nitrogens is 1. The van der Waals surface area contributed by atoms with Gasteiger partial charge in [0.25, 0.3) is 0 Å². The van der Waals surface area contributed by atoms with Crippen molar-refractivity contribution in [3.05, 3.63) is 34.5 Å². The molecule has 4 heteroatoms. The van der Waals surface area contributed by atoms with Gasteiger partial charge in [-0.05, 0) is 18.6 Å². The largest absolute Gasteiger partial charge is 0.478 e. The molecule has 0 aliphatic heterocycles. The number of H-pyrrole nitrogens is 1. The number of carbonyl (C=O) groups is 1. The Morgan fingerprint density at radius 3 is 2.87 bits per heavy atom. The Hall–Kier alpha value is -1.48. The van der Waals surface area contributed by atoms with Crippen molar-refractivity contribution in [3.63, 3.8) is 0 Å². The molecule has 0 aliphatic carbocycles. The minimum atomic E-state index is -0.954. The fourth-order valence-electron chi connectivity index (χ4n) is 1.68. The monoisotopic (exact) mass is 223 g/mol. The molecule has 1 aromatic carbocycles. The van der Waals surface area contributed by atoms with E-state index in [9.17, 15) is 4.79 Å². The average molecular weight is 224 g/mol. The maximum atomic E-state index is 11.0. The zero-order chi connectivity index (χ0) is 11.0. The van der Waals surface area contributed by atoms with Gasteiger partial charge in [0, 0.05) is 16.6 Å². The molecule has 1 heterocycles. The fourth-order valence-corrected chi connectivity index (χ4v) is 2.07. The Labute approximate surface area is 91.7 Å². The van der Waals surface area contributed by atoms with Gasteiger partial charge >= 0.3 is 5.97 Å². The number of hydrogen-bond acceptors (Lipinski definition) is 1. The van der Waals surface area contributed by atoms with Gasteiger partial charge in [0.05, 0.1) is 10.6 Å². The molecule has 0 aliphatic rings. The van der Waals surface area contributed by atoms with Crippen LogP contribution >= 0.6 is 11.6 Å². The molecular weight excluding hydrogens is 214 g/mol. The van der Waals surface area contributed by atoms with Crippen LogP contribution in [0.5, 0.6) is 0 Å². The highest BCUT2D eigenvalue weighted by molar-refractivity contribution is 6.37. The minimum Gasteiger partial charge on any atom is -0.478 e. The number of hydrogen-bond donors (Lipinski definition) is 2. The topological polar surface area (TPSA) is 53.1 Å². The molecular formula is C11H10ClNO2. The number of carboxylic acid groups (broad SMARTS) is 1. The number of aromatic amines is 1. The summed E-state index contributed by atoms with van der Waals surface area (Å²) in [6, 6.07) is 5.09. The molecule has 2 rings (SSSR count). The van der Waals surface area contributed by atoms with Crippen LogP contribution in [0.1, 0.15) is 23.0 Å². The lowest BCUT2D eigenvalue weighted by Gasteiger charge is -1.97. The van der Waals surface area contributed by atoms with E-state index in [4.69, 9.17) is 16.7 Å². The molecule has 3 nitrogen and oxygen atoms in total. The van der Waals surface area contributed by atoms with Crippen LogP contribution < -0.4 is 0 Å². The fraction of sp³-hybridized carbons (Fsp3) is 0.182. The highest BCUT2D eigenvalue weighted by atomic mass is 35.5. The summed E-state index contributed by atoms with van der Waals surface area (Å²) in [7, 11) is 0. The Kier molecular flexibility index (Phi) is 2.40. The molecule has 0 spiro atoms. The van der Waals surface area contributed by atoms with Crippen LogP contribution in [0.4, 0.5) is 0 Å². The summed E-state index contributed by atoms with van der Waals surface area (Å²) < 4.78 is 0. The lowest BCUT2D eigenvalue weighted by Crippen LogP contribution is -1.96. The van der Waals surface area contributed by atoms with E-state index >= 15 is 0 Å². The summed E-state index contributed by atoms with van der Waals surface area (Å²) in [5, 5.41) is 10.1. The van der Waals surface area contributed by atoms with Crippen LogP contribution in [0.3, 0.4) is 0 Å². The minimum absolute atomic E-state index is 0.244. The number of rotatable bonds is 2. The van der Waals surface area contributed by atoms with Crippen molar-refractivity contribution in [3.8, 4) is 0 Å². The van der Waals surface area contributed by atoms with Crippen molar-refractivity contribution < 1.29 is 9.90 Å². The number of aryl methyl sites for hydroxylation is 1. The first kappa shape index (κ1) is 10.1. The molecule has 78 valence electrons. The highest BCUT2D eigenvalue weighted by Gasteiger charge is 2.15. The molecule has 0 unspecified atom stereocenters. The van der Waals surface area contributed by atoms with Crippen LogP contribution in [0.2, 0.25) is 5.02 Å². The average Bonchev–Trinajstić information content (AvgIpc) is 2.55. The molecule has 0 saturated carbocycles. The molecule has 0 radical (unpaired) electrons. The van der Waals surface area contributed by atoms with E-state index < -0.39 is 5.97 Å². The first-order valence-corrected chi connectivity index (χ1v) is 5.05. The van der Waals surface area contributed by atoms with Crippen molar-refractivity contribution in [2.24, 2.45) is 0 Å². The second-order valence-corrected chi connectivity index (χ2v) is 3.68. The Balaban J connectivity index is 2.84. The van der Waals surface area contributed by atoms with Crippen LogP contribution in [-0.4, -0.2) is 16.1 Å². The number of nitrogens with one attached hydrogen (secondary N) is 1. The second-order valence-electron chi connectivity index (χ2n) is 3.30. The smallest absolute Gasteiger partial charge is 0.336 e. The number of benzene rings is 1. The lowest BCUT2D eigenvalue weighted by molar-refractivity contribution is 0.0699. The summed E-state index contributed by atoms with van der Waals surface area (Å²) in [6.07, 6.45) is 0.757. The normalized spacial score (nSPS) is 10.8. The predicted octanol–water partition coefficient (Wildman–Crippen LogP) is 3.08. The van der Waals surface area contributed by atoms with Gasteiger partial charge in [-0.3, -0.25) is 0 Å². The summed E-state index contributed by atoms with van der Waals surface area (Å²) in [6.45, 7) is 1.97. The number of carboxylic acids is 1. The van der Waals surface area contributed by atoms with Gasteiger partial charge < -0.3 is 10.1 Å². The van der Waals surface area contributed by atoms with Gasteiger partial charge in [-0.25, -0.2) is 4.79 Å². The standard InChI is InChI=1S/C11H10ClNO2/c1-2-7-10(12)9-6(11(14)15)4-3-5-8(9)13-7/h3-5,13H,2H2,1H3,(H,14,15). The van der Waals surface area contributed by atoms with Crippen molar-refractivity contribution in [2.45, 2.75) is 13.3 Å². The van der Waals surface area contributed by atoms with Crippen molar-refractivity contribution >= 4 is 28.5 Å². The van der Waals surface area contributed by atoms with E-state index in [0.717, 1.165) is 17.6 Å². The highest BCUT2D eigenvalue weighted by Crippen LogP contribution is 2.30. The second kappa shape index (κ2) is 3.59. The Morgan fingerprint density at radius 2 is 2.27 bits per heavy atom. The number of halogens is 1. The van der Waals surface area contributed by atoms with Gasteiger partial charge in [-0.2, -0.15) is 0 Å². The lowest BCUT2D eigenvalue weighted by atomic mass is 10.1. The number of aromatic carboxylic acids is 1. The summed E-state index contributed by atoms with van der Waals surface area (Å²) in [5.74, 6) is -0.954. The van der Waals surface area contributed by atoms with Gasteiger partial charge in [0.2, 0.25) is 0 Å². The number of fused-ring (bicyclic) bond motifs is 1. The molecule has 2 aromatic rings. The molecule has 0 bridgehead atoms. The molecule has 2 N–H and O–H groups in total. The van der Waals surface area contributed by atoms with E-state index in [-0.39, 0.29) is 5.56 Å². The van der Waals surface area contributed by atoms with E-state index in [2.05, 4.69) is 4.98 Å². The van der Waals surface area contributed by atoms with Crippen LogP contribution in [0, 0.1) is 0 Å². The quantitative estimate of drug-likeness (QED) is 0.822. The van der Waals surface area contributed by atoms with Gasteiger partial charge in [-0.1, -0.05) is 24.6 Å². The Morgan fingerprint density at radius 1 is 1.53 bits per heavy atom. The summed E-state index contributed by atoms with van der Waals surface area (Å²) in [4.78, 5) is 14.1. The third-order valence-corrected chi connectivity index (χ3v) is 2.84. The molecule has 0 amide bonds. The first-order chi connectivity index (χ1) is 7.15. The zero-order valence-electron chi connectivity index (χ0n) is 8.17. The molecule has 0 fully saturated rings. The summed E-state index contributed by atoms with van der Waals surface area (Å²) in [5.41, 5.74) is 1.89. The maximum absolute atomic E-state index is 11.0. The first-order valence-electron chi connectivity index (χ1n) is 4.67. The molecule has 15 heavy (non-hydrogen) atoms. The van der Waals surface area contributed by atoms with Crippen LogP contribution in [-0.2, 0) is 6.42 Å². The Bertz CT molecular complexity index is 531. The summed E-state index contributed by atoms with van der Waals surface area (Å²) >= 11 is 6.11. The van der Waals surface area contributed by atoms with Crippen LogP contribution in [0.25, 0.3) is 10.9 Å². The maximum Gasteiger partial charge on any atom is 0.336 e. The van der Waals surface area contributed by atoms with E-state index in [1.165, 1.54) is 0 Å². The van der Waals surface area contributed by atoms with Crippen molar-refractivity contribution in [1.29, 1.82) is 0 Å². The molecule has 0 atom stereocenters. The van der Waals surface area contributed by atoms with E-state index in [1.54, 1.807) is 12.1 Å². The van der Waals surface area contributed by atoms with Gasteiger partial charge in [0.15, 0.2) is 0 Å². The molecule has 0 saturated heterocycles. The van der Waals surface area contributed by atoms with Crippen molar-refractivity contribution in [2.75, 3.05) is 0 Å². The predicted molar refractivity (Wildman–Crippen MR) is 59.6 cm³/mol.